The molecule has 1 heterocycles. The molecule has 0 amide bonds. The first kappa shape index (κ1) is 15.5. The Labute approximate surface area is 151 Å². The average molecular weight is 346 g/mol. The van der Waals surface area contributed by atoms with Crippen molar-refractivity contribution in [3.63, 3.8) is 0 Å². The number of aromatic amines is 1. The molecule has 0 atom stereocenters. The molecule has 0 saturated carbocycles. The van der Waals surface area contributed by atoms with Crippen molar-refractivity contribution < 1.29 is 0 Å². The van der Waals surface area contributed by atoms with Crippen LogP contribution in [0.25, 0.3) is 33.9 Å². The lowest BCUT2D eigenvalue weighted by molar-refractivity contribution is 1.31. The van der Waals surface area contributed by atoms with E-state index >= 15 is 0 Å². The molecule has 4 heteroatoms. The van der Waals surface area contributed by atoms with Gasteiger partial charge in [-0.15, -0.1) is 0 Å². The molecule has 0 spiro atoms. The molecule has 3 N–H and O–H groups in total. The predicted octanol–water partition coefficient (Wildman–Crippen LogP) is 5.65. The number of nitrogen functional groups attached to an aromatic ring is 1. The summed E-state index contributed by atoms with van der Waals surface area (Å²) in [6, 6.07) is 25.7. The first-order chi connectivity index (χ1) is 12.2. The van der Waals surface area contributed by atoms with Gasteiger partial charge in [0.1, 0.15) is 5.82 Å². The van der Waals surface area contributed by atoms with Crippen LogP contribution in [0, 0.1) is 0 Å². The van der Waals surface area contributed by atoms with Gasteiger partial charge in [0.05, 0.1) is 11.4 Å². The molecule has 0 bridgehead atoms. The van der Waals surface area contributed by atoms with Crippen LogP contribution in [-0.2, 0) is 0 Å². The fourth-order valence-electron chi connectivity index (χ4n) is 2.87. The zero-order valence-electron chi connectivity index (χ0n) is 13.4. The third kappa shape index (κ3) is 3.02. The highest BCUT2D eigenvalue weighted by molar-refractivity contribution is 6.31. The van der Waals surface area contributed by atoms with Crippen molar-refractivity contribution >= 4 is 17.3 Å². The molecule has 0 radical (unpaired) electrons. The van der Waals surface area contributed by atoms with Gasteiger partial charge in [0.15, 0.2) is 0 Å². The van der Waals surface area contributed by atoms with Crippen LogP contribution in [0.4, 0.5) is 5.69 Å². The standard InChI is InChI=1S/C21H16ClN3/c22-16-11-12-17(18(23)13-16)21-24-19(14-7-3-1-4-8-14)20(25-21)15-9-5-2-6-10-15/h1-13H,23H2,(H,24,25). The van der Waals surface area contributed by atoms with Crippen LogP contribution in [0.15, 0.2) is 78.9 Å². The topological polar surface area (TPSA) is 54.7 Å². The maximum atomic E-state index is 6.15. The maximum Gasteiger partial charge on any atom is 0.140 e. The highest BCUT2D eigenvalue weighted by Gasteiger charge is 2.16. The van der Waals surface area contributed by atoms with Gasteiger partial charge in [-0.25, -0.2) is 4.98 Å². The number of halogens is 1. The van der Waals surface area contributed by atoms with E-state index in [-0.39, 0.29) is 0 Å². The summed E-state index contributed by atoms with van der Waals surface area (Å²) in [4.78, 5) is 8.28. The van der Waals surface area contributed by atoms with Crippen molar-refractivity contribution in [2.24, 2.45) is 0 Å². The minimum atomic E-state index is 0.598. The Morgan fingerprint density at radius 3 is 2.08 bits per heavy atom. The first-order valence-electron chi connectivity index (χ1n) is 7.98. The van der Waals surface area contributed by atoms with Crippen molar-refractivity contribution in [2.45, 2.75) is 0 Å². The van der Waals surface area contributed by atoms with Crippen LogP contribution in [-0.4, -0.2) is 9.97 Å². The molecular weight excluding hydrogens is 330 g/mol. The highest BCUT2D eigenvalue weighted by atomic mass is 35.5. The summed E-state index contributed by atoms with van der Waals surface area (Å²) >= 11 is 6.02. The van der Waals surface area contributed by atoms with Gasteiger partial charge in [0.25, 0.3) is 0 Å². The molecule has 4 rings (SSSR count). The van der Waals surface area contributed by atoms with Gasteiger partial charge in [-0.1, -0.05) is 72.3 Å². The van der Waals surface area contributed by atoms with Gasteiger partial charge in [0, 0.05) is 27.4 Å². The van der Waals surface area contributed by atoms with Gasteiger partial charge in [0.2, 0.25) is 0 Å². The second-order valence-electron chi connectivity index (χ2n) is 5.77. The van der Waals surface area contributed by atoms with E-state index in [1.165, 1.54) is 0 Å². The van der Waals surface area contributed by atoms with Crippen LogP contribution < -0.4 is 5.73 Å². The molecule has 0 aliphatic heterocycles. The molecule has 25 heavy (non-hydrogen) atoms. The zero-order valence-corrected chi connectivity index (χ0v) is 14.2. The number of rotatable bonds is 3. The molecule has 0 unspecified atom stereocenters. The van der Waals surface area contributed by atoms with Crippen LogP contribution in [0.2, 0.25) is 5.02 Å². The molecular formula is C21H16ClN3. The van der Waals surface area contributed by atoms with E-state index in [4.69, 9.17) is 22.3 Å². The lowest BCUT2D eigenvalue weighted by Crippen LogP contribution is -1.91. The van der Waals surface area contributed by atoms with Crippen molar-refractivity contribution in [1.82, 2.24) is 9.97 Å². The third-order valence-corrected chi connectivity index (χ3v) is 4.32. The van der Waals surface area contributed by atoms with Gasteiger partial charge in [-0.05, 0) is 18.2 Å². The largest absolute Gasteiger partial charge is 0.398 e. The van der Waals surface area contributed by atoms with E-state index in [9.17, 15) is 0 Å². The molecule has 0 saturated heterocycles. The monoisotopic (exact) mass is 345 g/mol. The highest BCUT2D eigenvalue weighted by Crippen LogP contribution is 2.35. The van der Waals surface area contributed by atoms with E-state index in [0.717, 1.165) is 33.9 Å². The minimum Gasteiger partial charge on any atom is -0.398 e. The number of nitrogens with two attached hydrogens (primary N) is 1. The number of hydrogen-bond acceptors (Lipinski definition) is 2. The molecule has 122 valence electrons. The van der Waals surface area contributed by atoms with Crippen molar-refractivity contribution in [3.8, 4) is 33.9 Å². The predicted molar refractivity (Wildman–Crippen MR) is 104 cm³/mol. The average Bonchev–Trinajstić information content (AvgIpc) is 3.08. The molecule has 0 aliphatic carbocycles. The minimum absolute atomic E-state index is 0.598. The summed E-state index contributed by atoms with van der Waals surface area (Å²) in [7, 11) is 0. The summed E-state index contributed by atoms with van der Waals surface area (Å²) in [6.45, 7) is 0. The smallest absolute Gasteiger partial charge is 0.140 e. The molecule has 4 aromatic rings. The Morgan fingerprint density at radius 2 is 1.44 bits per heavy atom. The number of nitrogens with zero attached hydrogens (tertiary/aromatic N) is 1. The number of benzene rings is 3. The van der Waals surface area contributed by atoms with E-state index in [2.05, 4.69) is 29.2 Å². The lowest BCUT2D eigenvalue weighted by Gasteiger charge is -2.03. The van der Waals surface area contributed by atoms with Crippen LogP contribution in [0.1, 0.15) is 0 Å². The summed E-state index contributed by atoms with van der Waals surface area (Å²) in [5.74, 6) is 0.729. The Bertz CT molecular complexity index is 951. The Morgan fingerprint density at radius 1 is 0.800 bits per heavy atom. The van der Waals surface area contributed by atoms with Crippen molar-refractivity contribution in [2.75, 3.05) is 5.73 Å². The second kappa shape index (κ2) is 6.46. The number of imidazole rings is 1. The Balaban J connectivity index is 1.92. The van der Waals surface area contributed by atoms with E-state index in [0.29, 0.717) is 10.7 Å². The van der Waals surface area contributed by atoms with Crippen LogP contribution >= 0.6 is 11.6 Å². The van der Waals surface area contributed by atoms with Gasteiger partial charge < -0.3 is 10.7 Å². The summed E-state index contributed by atoms with van der Waals surface area (Å²) in [5, 5.41) is 0.611. The molecule has 0 aliphatic rings. The first-order valence-corrected chi connectivity index (χ1v) is 8.36. The van der Waals surface area contributed by atoms with Gasteiger partial charge >= 0.3 is 0 Å². The van der Waals surface area contributed by atoms with E-state index in [1.807, 2.05) is 48.5 Å². The van der Waals surface area contributed by atoms with Gasteiger partial charge in [-0.2, -0.15) is 0 Å². The number of aromatic nitrogens is 2. The van der Waals surface area contributed by atoms with Crippen molar-refractivity contribution in [1.29, 1.82) is 0 Å². The maximum absolute atomic E-state index is 6.15. The third-order valence-electron chi connectivity index (χ3n) is 4.08. The lowest BCUT2D eigenvalue weighted by atomic mass is 10.1. The molecule has 3 aromatic carbocycles. The van der Waals surface area contributed by atoms with Crippen LogP contribution in [0.3, 0.4) is 0 Å². The molecule has 3 nitrogen and oxygen atoms in total. The second-order valence-corrected chi connectivity index (χ2v) is 6.21. The summed E-state index contributed by atoms with van der Waals surface area (Å²) < 4.78 is 0. The van der Waals surface area contributed by atoms with Crippen LogP contribution in [0.5, 0.6) is 0 Å². The van der Waals surface area contributed by atoms with Crippen molar-refractivity contribution in [3.05, 3.63) is 83.9 Å². The Hall–Kier alpha value is -3.04. The van der Waals surface area contributed by atoms with E-state index < -0.39 is 0 Å². The summed E-state index contributed by atoms with van der Waals surface area (Å²) in [5.41, 5.74) is 11.6. The fraction of sp³-hybridized carbons (Fsp3) is 0. The number of H-pyrrole nitrogens is 1. The number of nitrogens with one attached hydrogen (secondary N) is 1. The number of anilines is 1. The quantitative estimate of drug-likeness (QED) is 0.471. The fourth-order valence-corrected chi connectivity index (χ4v) is 3.05. The normalized spacial score (nSPS) is 10.8. The Kier molecular flexibility index (Phi) is 4.00. The number of hydrogen-bond donors (Lipinski definition) is 2. The molecule has 1 aromatic heterocycles. The zero-order chi connectivity index (χ0) is 17.2. The SMILES string of the molecule is Nc1cc(Cl)ccc1-c1nc(-c2ccccc2)c(-c2ccccc2)[nH]1. The van der Waals surface area contributed by atoms with Gasteiger partial charge in [-0.3, -0.25) is 0 Å². The molecule has 0 fully saturated rings. The summed E-state index contributed by atoms with van der Waals surface area (Å²) in [6.07, 6.45) is 0. The van der Waals surface area contributed by atoms with E-state index in [1.54, 1.807) is 6.07 Å².